The predicted molar refractivity (Wildman–Crippen MR) is 117 cm³/mol. The van der Waals surface area contributed by atoms with E-state index in [4.69, 9.17) is 4.74 Å². The zero-order chi connectivity index (χ0) is 20.1. The lowest BCUT2D eigenvalue weighted by molar-refractivity contribution is -0.120. The summed E-state index contributed by atoms with van der Waals surface area (Å²) in [6, 6.07) is 19.1. The molecule has 5 heteroatoms. The minimum atomic E-state index is 0.0930. The number of hydrogen-bond acceptors (Lipinski definition) is 4. The third-order valence-electron chi connectivity index (χ3n) is 5.79. The van der Waals surface area contributed by atoms with Gasteiger partial charge >= 0.3 is 0 Å². The van der Waals surface area contributed by atoms with Crippen LogP contribution in [-0.4, -0.2) is 45.3 Å². The van der Waals surface area contributed by atoms with Crippen molar-refractivity contribution in [2.24, 2.45) is 11.8 Å². The molecular weight excluding hydrogens is 362 g/mol. The molecule has 1 saturated heterocycles. The van der Waals surface area contributed by atoms with Gasteiger partial charge in [-0.05, 0) is 30.0 Å². The Morgan fingerprint density at radius 3 is 2.45 bits per heavy atom. The number of ether oxygens (including phenoxy) is 1. The number of hydrogen-bond donors (Lipinski definition) is 1. The van der Waals surface area contributed by atoms with E-state index in [-0.39, 0.29) is 5.91 Å². The quantitative estimate of drug-likeness (QED) is 0.818. The molecule has 154 valence electrons. The van der Waals surface area contributed by atoms with Gasteiger partial charge in [0.15, 0.2) is 0 Å². The van der Waals surface area contributed by atoms with Gasteiger partial charge in [0.2, 0.25) is 5.91 Å². The summed E-state index contributed by atoms with van der Waals surface area (Å²) >= 11 is 0. The number of para-hydroxylation sites is 2. The van der Waals surface area contributed by atoms with Gasteiger partial charge in [0, 0.05) is 38.7 Å². The molecule has 4 rings (SSSR count). The van der Waals surface area contributed by atoms with Crippen LogP contribution in [0.2, 0.25) is 0 Å². The predicted octanol–water partition coefficient (Wildman–Crippen LogP) is 3.30. The van der Waals surface area contributed by atoms with Crippen LogP contribution in [0.1, 0.15) is 18.9 Å². The Bertz CT molecular complexity index is 805. The number of benzene rings is 2. The monoisotopic (exact) mass is 393 g/mol. The molecule has 0 aromatic heterocycles. The summed E-state index contributed by atoms with van der Waals surface area (Å²) in [5.41, 5.74) is 3.66. The number of carbonyl (C=O) groups is 1. The normalized spacial score (nSPS) is 21.6. The van der Waals surface area contributed by atoms with Gasteiger partial charge in [0.05, 0.1) is 24.5 Å². The Morgan fingerprint density at radius 1 is 1.03 bits per heavy atom. The number of fused-ring (bicyclic) bond motifs is 1. The molecule has 1 fully saturated rings. The molecule has 2 aromatic rings. The second-order valence-corrected chi connectivity index (χ2v) is 8.37. The first kappa shape index (κ1) is 19.8. The van der Waals surface area contributed by atoms with Crippen LogP contribution in [0.25, 0.3) is 0 Å². The fourth-order valence-corrected chi connectivity index (χ4v) is 4.34. The Morgan fingerprint density at radius 2 is 1.72 bits per heavy atom. The van der Waals surface area contributed by atoms with Crippen molar-refractivity contribution in [2.45, 2.75) is 19.9 Å². The van der Waals surface area contributed by atoms with Gasteiger partial charge in [-0.2, -0.15) is 0 Å². The summed E-state index contributed by atoms with van der Waals surface area (Å²) in [5, 5.41) is 3.11. The van der Waals surface area contributed by atoms with Crippen LogP contribution in [0.5, 0.6) is 0 Å². The first-order chi connectivity index (χ1) is 14.2. The Labute approximate surface area is 173 Å². The molecule has 2 heterocycles. The summed E-state index contributed by atoms with van der Waals surface area (Å²) in [4.78, 5) is 17.4. The smallest absolute Gasteiger partial charge is 0.239 e. The topological polar surface area (TPSA) is 44.8 Å². The highest BCUT2D eigenvalue weighted by Gasteiger charge is 2.26. The lowest BCUT2D eigenvalue weighted by atomic mass is 10.1. The molecule has 29 heavy (non-hydrogen) atoms. The first-order valence-corrected chi connectivity index (χ1v) is 10.7. The number of anilines is 2. The maximum atomic E-state index is 12.7. The van der Waals surface area contributed by atoms with Crippen molar-refractivity contribution in [3.05, 3.63) is 60.2 Å². The second-order valence-electron chi connectivity index (χ2n) is 8.37. The molecule has 1 N–H and O–H groups in total. The molecule has 2 aliphatic heterocycles. The summed E-state index contributed by atoms with van der Waals surface area (Å²) in [5.74, 6) is 1.01. The lowest BCUT2D eigenvalue weighted by Gasteiger charge is -2.27. The van der Waals surface area contributed by atoms with E-state index in [1.807, 2.05) is 0 Å². The Kier molecular flexibility index (Phi) is 6.35. The van der Waals surface area contributed by atoms with E-state index in [0.717, 1.165) is 45.0 Å². The van der Waals surface area contributed by atoms with Gasteiger partial charge in [0.25, 0.3) is 0 Å². The van der Waals surface area contributed by atoms with Crippen molar-refractivity contribution in [3.63, 3.8) is 0 Å². The third kappa shape index (κ3) is 5.10. The number of amides is 1. The SMILES string of the molecule is C[C@H]1CN(CC(=O)NC[C@H]2CCOC2)c2ccccc2N(Cc2ccccc2)C1. The Balaban J connectivity index is 1.48. The first-order valence-electron chi connectivity index (χ1n) is 10.7. The number of carbonyl (C=O) groups excluding carboxylic acids is 1. The van der Waals surface area contributed by atoms with E-state index >= 15 is 0 Å². The van der Waals surface area contributed by atoms with Gasteiger partial charge in [-0.25, -0.2) is 0 Å². The number of nitrogens with one attached hydrogen (secondary N) is 1. The van der Waals surface area contributed by atoms with Crippen LogP contribution in [0, 0.1) is 11.8 Å². The van der Waals surface area contributed by atoms with Gasteiger partial charge < -0.3 is 19.9 Å². The average Bonchev–Trinajstić information content (AvgIpc) is 3.22. The molecule has 0 aliphatic carbocycles. The average molecular weight is 394 g/mol. The van der Waals surface area contributed by atoms with Crippen LogP contribution in [0.3, 0.4) is 0 Å². The van der Waals surface area contributed by atoms with Crippen LogP contribution in [0.4, 0.5) is 11.4 Å². The van der Waals surface area contributed by atoms with E-state index in [0.29, 0.717) is 24.9 Å². The highest BCUT2D eigenvalue weighted by molar-refractivity contribution is 5.84. The molecule has 0 spiro atoms. The van der Waals surface area contributed by atoms with Crippen molar-refractivity contribution in [2.75, 3.05) is 49.2 Å². The molecule has 0 saturated carbocycles. The fourth-order valence-electron chi connectivity index (χ4n) is 4.34. The maximum absolute atomic E-state index is 12.7. The largest absolute Gasteiger partial charge is 0.381 e. The highest BCUT2D eigenvalue weighted by Crippen LogP contribution is 2.34. The molecule has 5 nitrogen and oxygen atoms in total. The minimum absolute atomic E-state index is 0.0930. The molecule has 1 amide bonds. The highest BCUT2D eigenvalue weighted by atomic mass is 16.5. The lowest BCUT2D eigenvalue weighted by Crippen LogP contribution is -2.41. The van der Waals surface area contributed by atoms with Gasteiger partial charge in [-0.1, -0.05) is 49.4 Å². The Hall–Kier alpha value is -2.53. The zero-order valence-corrected chi connectivity index (χ0v) is 17.2. The molecule has 2 aliphatic rings. The zero-order valence-electron chi connectivity index (χ0n) is 17.2. The fraction of sp³-hybridized carbons (Fsp3) is 0.458. The van der Waals surface area contributed by atoms with Crippen LogP contribution in [-0.2, 0) is 16.1 Å². The van der Waals surface area contributed by atoms with Crippen molar-refractivity contribution >= 4 is 17.3 Å². The van der Waals surface area contributed by atoms with Crippen LogP contribution in [0.15, 0.2) is 54.6 Å². The molecular formula is C24H31N3O2. The third-order valence-corrected chi connectivity index (χ3v) is 5.79. The molecule has 0 radical (unpaired) electrons. The van der Waals surface area contributed by atoms with Crippen molar-refractivity contribution in [3.8, 4) is 0 Å². The molecule has 0 unspecified atom stereocenters. The molecule has 0 bridgehead atoms. The maximum Gasteiger partial charge on any atom is 0.239 e. The minimum Gasteiger partial charge on any atom is -0.381 e. The van der Waals surface area contributed by atoms with E-state index in [1.165, 1.54) is 11.3 Å². The van der Waals surface area contributed by atoms with E-state index in [9.17, 15) is 4.79 Å². The van der Waals surface area contributed by atoms with Crippen molar-refractivity contribution in [1.82, 2.24) is 5.32 Å². The summed E-state index contributed by atoms with van der Waals surface area (Å²) in [6.07, 6.45) is 1.04. The second kappa shape index (κ2) is 9.31. The number of nitrogens with zero attached hydrogens (tertiary/aromatic N) is 2. The van der Waals surface area contributed by atoms with Crippen LogP contribution >= 0.6 is 0 Å². The summed E-state index contributed by atoms with van der Waals surface area (Å²) in [7, 11) is 0. The summed E-state index contributed by atoms with van der Waals surface area (Å²) in [6.45, 7) is 7.69. The van der Waals surface area contributed by atoms with E-state index < -0.39 is 0 Å². The standard InChI is InChI=1S/C24H31N3O2/c1-19-14-26(16-20-7-3-2-4-8-20)22-9-5-6-10-23(22)27(15-19)17-24(28)25-13-21-11-12-29-18-21/h2-10,19,21H,11-18H2,1H3,(H,25,28)/t19-,21-/m1/s1. The van der Waals surface area contributed by atoms with Gasteiger partial charge in [-0.3, -0.25) is 4.79 Å². The van der Waals surface area contributed by atoms with Gasteiger partial charge in [0.1, 0.15) is 0 Å². The summed E-state index contributed by atoms with van der Waals surface area (Å²) < 4.78 is 5.41. The van der Waals surface area contributed by atoms with Gasteiger partial charge in [-0.15, -0.1) is 0 Å². The van der Waals surface area contributed by atoms with E-state index in [1.54, 1.807) is 0 Å². The molecule has 2 aromatic carbocycles. The molecule has 2 atom stereocenters. The van der Waals surface area contributed by atoms with E-state index in [2.05, 4.69) is 76.6 Å². The number of rotatable bonds is 6. The van der Waals surface area contributed by atoms with Crippen molar-refractivity contribution < 1.29 is 9.53 Å². The van der Waals surface area contributed by atoms with Crippen molar-refractivity contribution in [1.29, 1.82) is 0 Å². The van der Waals surface area contributed by atoms with Crippen LogP contribution < -0.4 is 15.1 Å².